The molecule has 8 heteroatoms. The summed E-state index contributed by atoms with van der Waals surface area (Å²) in [6.45, 7) is 0.191. The molecule has 0 atom stereocenters. The SMILES string of the molecule is COc1ccc(OC)c(-c2ccc(=O)n(Cc3ccc([N+](=O)[O-])cc3)n2)c1. The van der Waals surface area contributed by atoms with Gasteiger partial charge in [-0.15, -0.1) is 0 Å². The maximum Gasteiger partial charge on any atom is 0.269 e. The second-order valence-electron chi connectivity index (χ2n) is 5.70. The molecule has 138 valence electrons. The largest absolute Gasteiger partial charge is 0.497 e. The maximum atomic E-state index is 12.2. The van der Waals surface area contributed by atoms with Crippen molar-refractivity contribution >= 4 is 5.69 Å². The Labute approximate surface area is 154 Å². The predicted molar refractivity (Wildman–Crippen MR) is 99.2 cm³/mol. The molecular weight excluding hydrogens is 350 g/mol. The summed E-state index contributed by atoms with van der Waals surface area (Å²) in [5.74, 6) is 1.24. The molecule has 0 bridgehead atoms. The zero-order valence-corrected chi connectivity index (χ0v) is 14.8. The van der Waals surface area contributed by atoms with Crippen molar-refractivity contribution in [2.24, 2.45) is 0 Å². The van der Waals surface area contributed by atoms with Crippen molar-refractivity contribution in [3.63, 3.8) is 0 Å². The van der Waals surface area contributed by atoms with Gasteiger partial charge in [0.1, 0.15) is 11.5 Å². The summed E-state index contributed by atoms with van der Waals surface area (Å²) in [6.07, 6.45) is 0. The first kappa shape index (κ1) is 18.1. The van der Waals surface area contributed by atoms with Crippen LogP contribution in [0.1, 0.15) is 5.56 Å². The maximum absolute atomic E-state index is 12.2. The number of aromatic nitrogens is 2. The molecule has 0 saturated carbocycles. The number of ether oxygens (including phenoxy) is 2. The number of hydrogen-bond donors (Lipinski definition) is 0. The van der Waals surface area contributed by atoms with Gasteiger partial charge in [0.15, 0.2) is 0 Å². The van der Waals surface area contributed by atoms with Crippen molar-refractivity contribution in [2.75, 3.05) is 14.2 Å². The van der Waals surface area contributed by atoms with E-state index in [2.05, 4.69) is 5.10 Å². The van der Waals surface area contributed by atoms with E-state index < -0.39 is 4.92 Å². The van der Waals surface area contributed by atoms with Crippen LogP contribution in [0.25, 0.3) is 11.3 Å². The Morgan fingerprint density at radius 2 is 1.78 bits per heavy atom. The highest BCUT2D eigenvalue weighted by Crippen LogP contribution is 2.31. The molecule has 0 aliphatic carbocycles. The van der Waals surface area contributed by atoms with Crippen molar-refractivity contribution in [3.8, 4) is 22.8 Å². The second kappa shape index (κ2) is 7.69. The third-order valence-electron chi connectivity index (χ3n) is 4.03. The van der Waals surface area contributed by atoms with E-state index in [0.29, 0.717) is 22.8 Å². The summed E-state index contributed by atoms with van der Waals surface area (Å²) >= 11 is 0. The van der Waals surface area contributed by atoms with Crippen molar-refractivity contribution in [1.29, 1.82) is 0 Å². The van der Waals surface area contributed by atoms with Crippen LogP contribution in [0.3, 0.4) is 0 Å². The zero-order valence-electron chi connectivity index (χ0n) is 14.8. The molecule has 1 aromatic heterocycles. The lowest BCUT2D eigenvalue weighted by Gasteiger charge is -2.12. The standard InChI is InChI=1S/C19H17N3O5/c1-26-15-7-9-18(27-2)16(11-15)17-8-10-19(23)21(20-17)12-13-3-5-14(6-4-13)22(24)25/h3-11H,12H2,1-2H3. The summed E-state index contributed by atoms with van der Waals surface area (Å²) in [5.41, 5.74) is 1.68. The van der Waals surface area contributed by atoms with Gasteiger partial charge in [-0.3, -0.25) is 14.9 Å². The number of nitro benzene ring substituents is 1. The Hall–Kier alpha value is -3.68. The Morgan fingerprint density at radius 1 is 1.04 bits per heavy atom. The number of nitro groups is 1. The summed E-state index contributed by atoms with van der Waals surface area (Å²) < 4.78 is 11.9. The lowest BCUT2D eigenvalue weighted by atomic mass is 10.1. The van der Waals surface area contributed by atoms with E-state index in [-0.39, 0.29) is 17.8 Å². The first-order valence-corrected chi connectivity index (χ1v) is 8.05. The van der Waals surface area contributed by atoms with E-state index in [9.17, 15) is 14.9 Å². The summed E-state index contributed by atoms with van der Waals surface area (Å²) in [5, 5.41) is 15.2. The Kier molecular flexibility index (Phi) is 5.16. The fourth-order valence-electron chi connectivity index (χ4n) is 2.62. The van der Waals surface area contributed by atoms with Gasteiger partial charge in [0.25, 0.3) is 11.2 Å². The Morgan fingerprint density at radius 3 is 2.41 bits per heavy atom. The van der Waals surface area contributed by atoms with Crippen LogP contribution in [-0.2, 0) is 6.54 Å². The molecule has 2 aromatic carbocycles. The monoisotopic (exact) mass is 367 g/mol. The van der Waals surface area contributed by atoms with Crippen molar-refractivity contribution in [2.45, 2.75) is 6.54 Å². The average molecular weight is 367 g/mol. The fourth-order valence-corrected chi connectivity index (χ4v) is 2.62. The third kappa shape index (κ3) is 3.95. The smallest absolute Gasteiger partial charge is 0.269 e. The molecule has 0 saturated heterocycles. The lowest BCUT2D eigenvalue weighted by molar-refractivity contribution is -0.384. The summed E-state index contributed by atoms with van der Waals surface area (Å²) in [7, 11) is 3.12. The molecule has 0 radical (unpaired) electrons. The molecule has 0 amide bonds. The Bertz CT molecular complexity index is 1030. The molecule has 0 fully saturated rings. The third-order valence-corrected chi connectivity index (χ3v) is 4.03. The number of methoxy groups -OCH3 is 2. The van der Waals surface area contributed by atoms with Crippen molar-refractivity contribution < 1.29 is 14.4 Å². The molecule has 1 heterocycles. The van der Waals surface area contributed by atoms with Crippen molar-refractivity contribution in [3.05, 3.63) is 80.6 Å². The van der Waals surface area contributed by atoms with Crippen LogP contribution >= 0.6 is 0 Å². The van der Waals surface area contributed by atoms with Crippen LogP contribution in [0, 0.1) is 10.1 Å². The molecule has 27 heavy (non-hydrogen) atoms. The number of non-ortho nitro benzene ring substituents is 1. The van der Waals surface area contributed by atoms with Crippen molar-refractivity contribution in [1.82, 2.24) is 9.78 Å². The van der Waals surface area contributed by atoms with Gasteiger partial charge in [0.05, 0.1) is 31.4 Å². The highest BCUT2D eigenvalue weighted by atomic mass is 16.6. The molecule has 3 aromatic rings. The van der Waals surface area contributed by atoms with Gasteiger partial charge >= 0.3 is 0 Å². The van der Waals surface area contributed by atoms with Crippen LogP contribution < -0.4 is 15.0 Å². The first-order chi connectivity index (χ1) is 13.0. The van der Waals surface area contributed by atoms with E-state index in [1.807, 2.05) is 0 Å². The number of benzene rings is 2. The Balaban J connectivity index is 1.97. The van der Waals surface area contributed by atoms with Crippen LogP contribution in [0.2, 0.25) is 0 Å². The molecule has 3 rings (SSSR count). The topological polar surface area (TPSA) is 96.5 Å². The van der Waals surface area contributed by atoms with E-state index in [0.717, 1.165) is 5.56 Å². The second-order valence-corrected chi connectivity index (χ2v) is 5.70. The van der Waals surface area contributed by atoms with E-state index in [1.165, 1.54) is 22.9 Å². The van der Waals surface area contributed by atoms with Gasteiger partial charge in [0.2, 0.25) is 0 Å². The van der Waals surface area contributed by atoms with Crippen LogP contribution in [0.5, 0.6) is 11.5 Å². The molecule has 0 aliphatic rings. The minimum Gasteiger partial charge on any atom is -0.497 e. The first-order valence-electron chi connectivity index (χ1n) is 8.05. The lowest BCUT2D eigenvalue weighted by Crippen LogP contribution is -2.22. The predicted octanol–water partition coefficient (Wildman–Crippen LogP) is 2.88. The van der Waals surface area contributed by atoms with E-state index >= 15 is 0 Å². The molecule has 0 N–H and O–H groups in total. The zero-order chi connectivity index (χ0) is 19.4. The van der Waals surface area contributed by atoms with Gasteiger partial charge in [-0.1, -0.05) is 12.1 Å². The highest BCUT2D eigenvalue weighted by Gasteiger charge is 2.12. The van der Waals surface area contributed by atoms with Gasteiger partial charge in [-0.05, 0) is 29.8 Å². The van der Waals surface area contributed by atoms with Gasteiger partial charge in [-0.25, -0.2) is 4.68 Å². The molecular formula is C19H17N3O5. The van der Waals surface area contributed by atoms with Crippen LogP contribution in [0.15, 0.2) is 59.4 Å². The summed E-state index contributed by atoms with van der Waals surface area (Å²) in [6, 6.07) is 14.4. The number of hydrogen-bond acceptors (Lipinski definition) is 6. The number of rotatable bonds is 6. The van der Waals surface area contributed by atoms with Crippen LogP contribution in [-0.4, -0.2) is 28.9 Å². The molecule has 0 aliphatic heterocycles. The fraction of sp³-hybridized carbons (Fsp3) is 0.158. The van der Waals surface area contributed by atoms with E-state index in [4.69, 9.17) is 9.47 Å². The quantitative estimate of drug-likeness (QED) is 0.491. The van der Waals surface area contributed by atoms with E-state index in [1.54, 1.807) is 50.6 Å². The van der Waals surface area contributed by atoms with Gasteiger partial charge in [0, 0.05) is 23.8 Å². The molecule has 8 nitrogen and oxygen atoms in total. The average Bonchev–Trinajstić information content (AvgIpc) is 2.69. The highest BCUT2D eigenvalue weighted by molar-refractivity contribution is 5.68. The minimum absolute atomic E-state index is 0.00563. The number of nitrogens with zero attached hydrogens (tertiary/aromatic N) is 3. The summed E-state index contributed by atoms with van der Waals surface area (Å²) in [4.78, 5) is 22.5. The van der Waals surface area contributed by atoms with Gasteiger partial charge < -0.3 is 9.47 Å². The molecule has 0 spiro atoms. The minimum atomic E-state index is -0.468. The van der Waals surface area contributed by atoms with Crippen LogP contribution in [0.4, 0.5) is 5.69 Å². The molecule has 0 unspecified atom stereocenters. The normalized spacial score (nSPS) is 10.4. The van der Waals surface area contributed by atoms with Gasteiger partial charge in [-0.2, -0.15) is 5.10 Å².